The van der Waals surface area contributed by atoms with Crippen LogP contribution in [0.15, 0.2) is 54.9 Å². The van der Waals surface area contributed by atoms with Crippen molar-refractivity contribution < 1.29 is 4.74 Å². The summed E-state index contributed by atoms with van der Waals surface area (Å²) in [6.45, 7) is 5.08. The third kappa shape index (κ3) is 6.11. The minimum absolute atomic E-state index is 0.468. The van der Waals surface area contributed by atoms with Gasteiger partial charge in [-0.25, -0.2) is 9.97 Å². The lowest BCUT2D eigenvalue weighted by Crippen LogP contribution is -2.05. The number of ether oxygens (including phenoxy) is 1. The van der Waals surface area contributed by atoms with Crippen LogP contribution in [-0.2, 0) is 6.42 Å². The Balaban J connectivity index is 1.64. The van der Waals surface area contributed by atoms with Crippen molar-refractivity contribution in [1.29, 1.82) is 0 Å². The minimum Gasteiger partial charge on any atom is -0.494 e. The van der Waals surface area contributed by atoms with Crippen molar-refractivity contribution in [1.82, 2.24) is 9.97 Å². The average Bonchev–Trinajstić information content (AvgIpc) is 2.77. The highest BCUT2D eigenvalue weighted by Gasteiger charge is 2.09. The van der Waals surface area contributed by atoms with Gasteiger partial charge >= 0.3 is 0 Å². The van der Waals surface area contributed by atoms with Gasteiger partial charge < -0.3 is 21.1 Å². The molecule has 30 heavy (non-hydrogen) atoms. The third-order valence-electron chi connectivity index (χ3n) is 4.80. The molecule has 6 heteroatoms. The van der Waals surface area contributed by atoms with Gasteiger partial charge in [0.1, 0.15) is 17.8 Å². The second kappa shape index (κ2) is 11.0. The standard InChI is InChI=1S/C24H31N5O/c1-3-5-7-18-8-10-19(11-9-18)28-23-22(25)24(27-17-26-23)29-20-12-14-21(15-13-20)30-16-6-4-2/h8-15,17H,3-7,16,25H2,1-2H3,(H2,26,27,28,29). The fourth-order valence-electron chi connectivity index (χ4n) is 2.97. The predicted molar refractivity (Wildman–Crippen MR) is 125 cm³/mol. The molecule has 0 aliphatic carbocycles. The number of hydrogen-bond donors (Lipinski definition) is 3. The predicted octanol–water partition coefficient (Wildman–Crippen LogP) is 6.07. The topological polar surface area (TPSA) is 85.1 Å². The molecule has 0 amide bonds. The Bertz CT molecular complexity index is 910. The summed E-state index contributed by atoms with van der Waals surface area (Å²) in [5.41, 5.74) is 9.94. The number of aryl methyl sites for hydroxylation is 1. The molecule has 0 atom stereocenters. The van der Waals surface area contributed by atoms with Crippen LogP contribution in [0.2, 0.25) is 0 Å². The van der Waals surface area contributed by atoms with Crippen molar-refractivity contribution in [3.8, 4) is 5.75 Å². The van der Waals surface area contributed by atoms with Gasteiger partial charge in [-0.05, 0) is 61.2 Å². The van der Waals surface area contributed by atoms with E-state index < -0.39 is 0 Å². The molecule has 0 fully saturated rings. The third-order valence-corrected chi connectivity index (χ3v) is 4.80. The quantitative estimate of drug-likeness (QED) is 0.336. The van der Waals surface area contributed by atoms with Gasteiger partial charge in [0.15, 0.2) is 11.6 Å². The molecule has 0 aliphatic rings. The Morgan fingerprint density at radius 2 is 1.37 bits per heavy atom. The van der Waals surface area contributed by atoms with E-state index in [0.29, 0.717) is 17.3 Å². The fourth-order valence-corrected chi connectivity index (χ4v) is 2.97. The highest BCUT2D eigenvalue weighted by molar-refractivity contribution is 5.80. The van der Waals surface area contributed by atoms with Gasteiger partial charge in [-0.1, -0.05) is 38.8 Å². The number of unbranched alkanes of at least 4 members (excludes halogenated alkanes) is 2. The minimum atomic E-state index is 0.468. The molecule has 0 bridgehead atoms. The Hall–Kier alpha value is -3.28. The summed E-state index contributed by atoms with van der Waals surface area (Å²) >= 11 is 0. The molecule has 1 aromatic heterocycles. The molecule has 0 aliphatic heterocycles. The van der Waals surface area contributed by atoms with Gasteiger partial charge in [-0.3, -0.25) is 0 Å². The second-order valence-corrected chi connectivity index (χ2v) is 7.26. The first-order valence-corrected chi connectivity index (χ1v) is 10.7. The molecule has 2 aromatic carbocycles. The van der Waals surface area contributed by atoms with Crippen LogP contribution in [0.25, 0.3) is 0 Å². The van der Waals surface area contributed by atoms with E-state index in [1.807, 2.05) is 24.3 Å². The van der Waals surface area contributed by atoms with E-state index >= 15 is 0 Å². The van der Waals surface area contributed by atoms with Crippen LogP contribution in [0, 0.1) is 0 Å². The van der Waals surface area contributed by atoms with Crippen molar-refractivity contribution in [2.75, 3.05) is 23.0 Å². The molecule has 4 N–H and O–H groups in total. The lowest BCUT2D eigenvalue weighted by atomic mass is 10.1. The molecule has 0 spiro atoms. The number of aromatic nitrogens is 2. The molecule has 0 unspecified atom stereocenters. The molecule has 3 rings (SSSR count). The lowest BCUT2D eigenvalue weighted by Gasteiger charge is -2.13. The van der Waals surface area contributed by atoms with Gasteiger partial charge in [0.05, 0.1) is 6.61 Å². The van der Waals surface area contributed by atoms with Crippen molar-refractivity contribution in [3.05, 3.63) is 60.4 Å². The van der Waals surface area contributed by atoms with Crippen LogP contribution in [0.4, 0.5) is 28.7 Å². The maximum Gasteiger partial charge on any atom is 0.159 e. The van der Waals surface area contributed by atoms with Gasteiger partial charge in [-0.2, -0.15) is 0 Å². The number of nitrogen functional groups attached to an aromatic ring is 1. The van der Waals surface area contributed by atoms with Crippen LogP contribution in [0.5, 0.6) is 5.75 Å². The molecule has 6 nitrogen and oxygen atoms in total. The Labute approximate surface area is 178 Å². The van der Waals surface area contributed by atoms with Gasteiger partial charge in [0.25, 0.3) is 0 Å². The Morgan fingerprint density at radius 1 is 0.800 bits per heavy atom. The lowest BCUT2D eigenvalue weighted by molar-refractivity contribution is 0.309. The van der Waals surface area contributed by atoms with Gasteiger partial charge in [-0.15, -0.1) is 0 Å². The summed E-state index contributed by atoms with van der Waals surface area (Å²) in [7, 11) is 0. The van der Waals surface area contributed by atoms with Crippen LogP contribution < -0.4 is 21.1 Å². The number of nitrogens with two attached hydrogens (primary N) is 1. The molecular formula is C24H31N5O. The van der Waals surface area contributed by atoms with Crippen LogP contribution in [0.3, 0.4) is 0 Å². The van der Waals surface area contributed by atoms with E-state index in [4.69, 9.17) is 10.5 Å². The molecule has 0 saturated heterocycles. The molecule has 0 saturated carbocycles. The van der Waals surface area contributed by atoms with Gasteiger partial charge in [0, 0.05) is 11.4 Å². The van der Waals surface area contributed by atoms with Crippen molar-refractivity contribution in [2.24, 2.45) is 0 Å². The normalized spacial score (nSPS) is 10.6. The second-order valence-electron chi connectivity index (χ2n) is 7.26. The zero-order valence-electron chi connectivity index (χ0n) is 17.8. The SMILES string of the molecule is CCCCOc1ccc(Nc2ncnc(Nc3ccc(CCCC)cc3)c2N)cc1. The van der Waals surface area contributed by atoms with Crippen LogP contribution in [0.1, 0.15) is 45.1 Å². The summed E-state index contributed by atoms with van der Waals surface area (Å²) < 4.78 is 5.70. The van der Waals surface area contributed by atoms with Crippen LogP contribution >= 0.6 is 0 Å². The molecule has 3 aromatic rings. The number of nitrogens with zero attached hydrogens (tertiary/aromatic N) is 2. The number of anilines is 5. The number of nitrogens with one attached hydrogen (secondary N) is 2. The van der Waals surface area contributed by atoms with E-state index in [1.54, 1.807) is 0 Å². The first kappa shape index (κ1) is 21.4. The zero-order chi connectivity index (χ0) is 21.2. The maximum atomic E-state index is 6.31. The summed E-state index contributed by atoms with van der Waals surface area (Å²) in [6, 6.07) is 16.2. The highest BCUT2D eigenvalue weighted by atomic mass is 16.5. The van der Waals surface area contributed by atoms with Crippen molar-refractivity contribution in [3.63, 3.8) is 0 Å². The first-order valence-electron chi connectivity index (χ1n) is 10.7. The summed E-state index contributed by atoms with van der Waals surface area (Å²) in [5.74, 6) is 1.99. The average molecular weight is 406 g/mol. The van der Waals surface area contributed by atoms with E-state index in [0.717, 1.165) is 43.0 Å². The van der Waals surface area contributed by atoms with Crippen LogP contribution in [-0.4, -0.2) is 16.6 Å². The van der Waals surface area contributed by atoms with Crippen molar-refractivity contribution in [2.45, 2.75) is 46.0 Å². The first-order chi connectivity index (χ1) is 14.7. The maximum absolute atomic E-state index is 6.31. The fraction of sp³-hybridized carbons (Fsp3) is 0.333. The van der Waals surface area contributed by atoms with E-state index in [9.17, 15) is 0 Å². The molecule has 0 radical (unpaired) electrons. The number of benzene rings is 2. The highest BCUT2D eigenvalue weighted by Crippen LogP contribution is 2.29. The van der Waals surface area contributed by atoms with E-state index in [-0.39, 0.29) is 0 Å². The molecular weight excluding hydrogens is 374 g/mol. The Morgan fingerprint density at radius 3 is 1.93 bits per heavy atom. The largest absolute Gasteiger partial charge is 0.494 e. The summed E-state index contributed by atoms with van der Waals surface area (Å²) in [4.78, 5) is 8.58. The van der Waals surface area contributed by atoms with E-state index in [1.165, 1.54) is 24.7 Å². The molecule has 1 heterocycles. The smallest absolute Gasteiger partial charge is 0.159 e. The number of hydrogen-bond acceptors (Lipinski definition) is 6. The number of rotatable bonds is 11. The zero-order valence-corrected chi connectivity index (χ0v) is 17.8. The van der Waals surface area contributed by atoms with Crippen molar-refractivity contribution >= 4 is 28.7 Å². The van der Waals surface area contributed by atoms with Gasteiger partial charge in [0.2, 0.25) is 0 Å². The molecule has 158 valence electrons. The monoisotopic (exact) mass is 405 g/mol. The summed E-state index contributed by atoms with van der Waals surface area (Å²) in [5, 5.41) is 6.54. The Kier molecular flexibility index (Phi) is 7.89. The summed E-state index contributed by atoms with van der Waals surface area (Å²) in [6.07, 6.45) is 7.16. The van der Waals surface area contributed by atoms with E-state index in [2.05, 4.69) is 58.7 Å².